The van der Waals surface area contributed by atoms with Crippen molar-refractivity contribution in [1.82, 2.24) is 5.48 Å². The van der Waals surface area contributed by atoms with Crippen LogP contribution in [-0.2, 0) is 16.0 Å². The molecule has 100 valence electrons. The van der Waals surface area contributed by atoms with E-state index in [9.17, 15) is 0 Å². The summed E-state index contributed by atoms with van der Waals surface area (Å²) in [7, 11) is 3.36. The van der Waals surface area contributed by atoms with E-state index in [4.69, 9.17) is 14.3 Å². The van der Waals surface area contributed by atoms with E-state index in [1.807, 2.05) is 6.07 Å². The lowest BCUT2D eigenvalue weighted by molar-refractivity contribution is 0.0283. The Labute approximate surface area is 108 Å². The summed E-state index contributed by atoms with van der Waals surface area (Å²) in [6.45, 7) is 2.85. The number of hydrogen-bond donors (Lipinski definition) is 1. The van der Waals surface area contributed by atoms with E-state index in [1.54, 1.807) is 14.2 Å². The first-order valence-corrected chi connectivity index (χ1v) is 6.37. The van der Waals surface area contributed by atoms with Gasteiger partial charge in [-0.15, -0.1) is 0 Å². The SMILES string of the molecule is CCC1Oc2ccc(CCOC)cc2C1NOC. The van der Waals surface area contributed by atoms with Crippen LogP contribution in [0.2, 0.25) is 0 Å². The van der Waals surface area contributed by atoms with Gasteiger partial charge in [0.2, 0.25) is 0 Å². The van der Waals surface area contributed by atoms with Gasteiger partial charge in [0.1, 0.15) is 11.9 Å². The van der Waals surface area contributed by atoms with Gasteiger partial charge in [-0.1, -0.05) is 19.1 Å². The van der Waals surface area contributed by atoms with Gasteiger partial charge >= 0.3 is 0 Å². The molecular weight excluding hydrogens is 230 g/mol. The first kappa shape index (κ1) is 13.3. The molecule has 2 rings (SSSR count). The lowest BCUT2D eigenvalue weighted by atomic mass is 10.00. The number of methoxy groups -OCH3 is 1. The van der Waals surface area contributed by atoms with Crippen LogP contribution in [0.15, 0.2) is 18.2 Å². The Bertz CT molecular complexity index is 395. The standard InChI is InChI=1S/C14H21NO3/c1-4-12-14(15-17-3)11-9-10(7-8-16-2)5-6-13(11)18-12/h5-6,9,12,14-15H,4,7-8H2,1-3H3. The molecule has 1 aliphatic rings. The second-order valence-electron chi connectivity index (χ2n) is 4.48. The first-order valence-electron chi connectivity index (χ1n) is 6.37. The van der Waals surface area contributed by atoms with Crippen molar-refractivity contribution < 1.29 is 14.3 Å². The fourth-order valence-corrected chi connectivity index (χ4v) is 2.34. The van der Waals surface area contributed by atoms with Crippen LogP contribution in [0, 0.1) is 0 Å². The molecule has 1 aromatic carbocycles. The summed E-state index contributed by atoms with van der Waals surface area (Å²) in [6, 6.07) is 6.43. The van der Waals surface area contributed by atoms with Gasteiger partial charge in [0.15, 0.2) is 0 Å². The second kappa shape index (κ2) is 6.18. The van der Waals surface area contributed by atoms with Gasteiger partial charge in [-0.05, 0) is 24.5 Å². The molecule has 0 aliphatic carbocycles. The van der Waals surface area contributed by atoms with Gasteiger partial charge in [0, 0.05) is 12.7 Å². The number of fused-ring (bicyclic) bond motifs is 1. The molecule has 0 saturated carbocycles. The molecule has 0 bridgehead atoms. The monoisotopic (exact) mass is 251 g/mol. The van der Waals surface area contributed by atoms with E-state index < -0.39 is 0 Å². The molecule has 0 saturated heterocycles. The van der Waals surface area contributed by atoms with Crippen molar-refractivity contribution in [2.75, 3.05) is 20.8 Å². The van der Waals surface area contributed by atoms with Crippen molar-refractivity contribution in [3.63, 3.8) is 0 Å². The Morgan fingerprint density at radius 3 is 2.83 bits per heavy atom. The molecule has 1 heterocycles. The fraction of sp³-hybridized carbons (Fsp3) is 0.571. The van der Waals surface area contributed by atoms with Gasteiger partial charge in [-0.25, -0.2) is 0 Å². The van der Waals surface area contributed by atoms with Gasteiger partial charge in [0.05, 0.1) is 19.8 Å². The maximum atomic E-state index is 5.91. The highest BCUT2D eigenvalue weighted by molar-refractivity contribution is 5.43. The molecule has 0 radical (unpaired) electrons. The maximum Gasteiger partial charge on any atom is 0.124 e. The Morgan fingerprint density at radius 1 is 1.33 bits per heavy atom. The molecule has 1 N–H and O–H groups in total. The minimum atomic E-state index is 0.109. The van der Waals surface area contributed by atoms with Crippen LogP contribution < -0.4 is 10.2 Å². The molecule has 0 spiro atoms. The van der Waals surface area contributed by atoms with E-state index in [1.165, 1.54) is 11.1 Å². The molecule has 1 aliphatic heterocycles. The third kappa shape index (κ3) is 2.66. The Kier molecular flexibility index (Phi) is 4.58. The summed E-state index contributed by atoms with van der Waals surface area (Å²) in [4.78, 5) is 5.08. The topological polar surface area (TPSA) is 39.7 Å². The summed E-state index contributed by atoms with van der Waals surface area (Å²) in [5.74, 6) is 0.956. The zero-order valence-electron chi connectivity index (χ0n) is 11.2. The quantitative estimate of drug-likeness (QED) is 0.787. The smallest absolute Gasteiger partial charge is 0.124 e. The number of hydroxylamine groups is 1. The number of rotatable bonds is 6. The van der Waals surface area contributed by atoms with Crippen molar-refractivity contribution in [1.29, 1.82) is 0 Å². The summed E-state index contributed by atoms with van der Waals surface area (Å²) < 4.78 is 11.0. The van der Waals surface area contributed by atoms with Crippen LogP contribution in [0.25, 0.3) is 0 Å². The highest BCUT2D eigenvalue weighted by Crippen LogP contribution is 2.38. The van der Waals surface area contributed by atoms with Crippen molar-refractivity contribution >= 4 is 0 Å². The molecule has 4 nitrogen and oxygen atoms in total. The van der Waals surface area contributed by atoms with Crippen molar-refractivity contribution in [3.8, 4) is 5.75 Å². The van der Waals surface area contributed by atoms with Crippen molar-refractivity contribution in [2.45, 2.75) is 31.9 Å². The molecule has 1 aromatic rings. The number of benzene rings is 1. The molecule has 18 heavy (non-hydrogen) atoms. The van der Waals surface area contributed by atoms with Gasteiger partial charge < -0.3 is 14.3 Å². The highest BCUT2D eigenvalue weighted by Gasteiger charge is 2.33. The largest absolute Gasteiger partial charge is 0.488 e. The molecule has 4 heteroatoms. The first-order chi connectivity index (χ1) is 8.80. The van der Waals surface area contributed by atoms with Crippen LogP contribution in [0.1, 0.15) is 30.5 Å². The van der Waals surface area contributed by atoms with Crippen LogP contribution in [0.4, 0.5) is 0 Å². The minimum Gasteiger partial charge on any atom is -0.488 e. The minimum absolute atomic E-state index is 0.109. The lowest BCUT2D eigenvalue weighted by Crippen LogP contribution is -2.29. The summed E-state index contributed by atoms with van der Waals surface area (Å²) >= 11 is 0. The Hall–Kier alpha value is -1.10. The third-order valence-electron chi connectivity index (χ3n) is 3.30. The van der Waals surface area contributed by atoms with E-state index in [0.29, 0.717) is 0 Å². The van der Waals surface area contributed by atoms with Crippen molar-refractivity contribution in [2.24, 2.45) is 0 Å². The van der Waals surface area contributed by atoms with Crippen molar-refractivity contribution in [3.05, 3.63) is 29.3 Å². The lowest BCUT2D eigenvalue weighted by Gasteiger charge is -2.17. The predicted molar refractivity (Wildman–Crippen MR) is 69.6 cm³/mol. The molecule has 0 fully saturated rings. The van der Waals surface area contributed by atoms with E-state index >= 15 is 0 Å². The average molecular weight is 251 g/mol. The number of nitrogens with one attached hydrogen (secondary N) is 1. The predicted octanol–water partition coefficient (Wildman–Crippen LogP) is 2.24. The second-order valence-corrected chi connectivity index (χ2v) is 4.48. The third-order valence-corrected chi connectivity index (χ3v) is 3.30. The highest BCUT2D eigenvalue weighted by atomic mass is 16.6. The zero-order chi connectivity index (χ0) is 13.0. The Morgan fingerprint density at radius 2 is 2.17 bits per heavy atom. The van der Waals surface area contributed by atoms with Crippen LogP contribution in [-0.4, -0.2) is 26.9 Å². The van der Waals surface area contributed by atoms with Gasteiger partial charge in [-0.2, -0.15) is 5.48 Å². The van der Waals surface area contributed by atoms with Crippen LogP contribution >= 0.6 is 0 Å². The fourth-order valence-electron chi connectivity index (χ4n) is 2.34. The summed E-state index contributed by atoms with van der Waals surface area (Å²) in [5, 5.41) is 0. The molecule has 2 unspecified atom stereocenters. The van der Waals surface area contributed by atoms with E-state index in [2.05, 4.69) is 24.5 Å². The van der Waals surface area contributed by atoms with Crippen LogP contribution in [0.5, 0.6) is 5.75 Å². The maximum absolute atomic E-state index is 5.91. The number of hydrogen-bond acceptors (Lipinski definition) is 4. The molecule has 0 amide bonds. The summed E-state index contributed by atoms with van der Waals surface area (Å²) in [6.07, 6.45) is 2.00. The van der Waals surface area contributed by atoms with E-state index in [0.717, 1.165) is 25.2 Å². The van der Waals surface area contributed by atoms with Crippen LogP contribution in [0.3, 0.4) is 0 Å². The molecular formula is C14H21NO3. The molecule has 0 aromatic heterocycles. The van der Waals surface area contributed by atoms with Gasteiger partial charge in [-0.3, -0.25) is 0 Å². The molecule has 2 atom stereocenters. The summed E-state index contributed by atoms with van der Waals surface area (Å²) in [5.41, 5.74) is 5.47. The zero-order valence-corrected chi connectivity index (χ0v) is 11.2. The average Bonchev–Trinajstić information content (AvgIpc) is 2.74. The Balaban J connectivity index is 2.20. The number of ether oxygens (including phenoxy) is 2. The normalized spacial score (nSPS) is 21.7. The van der Waals surface area contributed by atoms with Gasteiger partial charge in [0.25, 0.3) is 0 Å². The van der Waals surface area contributed by atoms with E-state index in [-0.39, 0.29) is 12.1 Å².